The van der Waals surface area contributed by atoms with E-state index in [-0.39, 0.29) is 12.5 Å². The molecule has 0 radical (unpaired) electrons. The number of aliphatic hydroxyl groups is 1. The topological polar surface area (TPSA) is 80.4 Å². The lowest BCUT2D eigenvalue weighted by molar-refractivity contribution is 0.253. The largest absolute Gasteiger partial charge is 0.394 e. The molecule has 6 heteroatoms. The number of halogens is 1. The van der Waals surface area contributed by atoms with Gasteiger partial charge in [-0.1, -0.05) is 23.7 Å². The zero-order chi connectivity index (χ0) is 12.8. The van der Waals surface area contributed by atoms with Crippen molar-refractivity contribution < 1.29 is 13.5 Å². The Morgan fingerprint density at radius 3 is 2.29 bits per heavy atom. The van der Waals surface area contributed by atoms with E-state index in [0.29, 0.717) is 5.02 Å². The van der Waals surface area contributed by atoms with E-state index < -0.39 is 20.6 Å². The fourth-order valence-corrected chi connectivity index (χ4v) is 4.38. The molecule has 0 amide bonds. The van der Waals surface area contributed by atoms with Crippen LogP contribution in [0.15, 0.2) is 24.3 Å². The summed E-state index contributed by atoms with van der Waals surface area (Å²) in [7, 11) is -3.27. The SMILES string of the molecule is CS(=O)(=O)C1C(c2ccc(Cl)cc2)C1(N)CO. The van der Waals surface area contributed by atoms with Gasteiger partial charge >= 0.3 is 0 Å². The van der Waals surface area contributed by atoms with E-state index in [1.54, 1.807) is 24.3 Å². The smallest absolute Gasteiger partial charge is 0.152 e. The number of sulfone groups is 1. The Morgan fingerprint density at radius 1 is 1.41 bits per heavy atom. The highest BCUT2D eigenvalue weighted by molar-refractivity contribution is 7.91. The molecule has 0 heterocycles. The summed E-state index contributed by atoms with van der Waals surface area (Å²) in [6.07, 6.45) is 1.14. The minimum absolute atomic E-state index is 0.349. The molecule has 4 nitrogen and oxygen atoms in total. The van der Waals surface area contributed by atoms with Crippen molar-refractivity contribution in [3.63, 3.8) is 0 Å². The van der Waals surface area contributed by atoms with E-state index in [9.17, 15) is 13.5 Å². The standard InChI is InChI=1S/C11H14ClNO3S/c1-17(15,16)10-9(11(10,13)6-14)7-2-4-8(12)5-3-7/h2-5,9-10,14H,6,13H2,1H3. The van der Waals surface area contributed by atoms with E-state index in [2.05, 4.69) is 0 Å². The van der Waals surface area contributed by atoms with Crippen molar-refractivity contribution in [2.45, 2.75) is 16.7 Å². The van der Waals surface area contributed by atoms with Gasteiger partial charge in [-0.15, -0.1) is 0 Å². The van der Waals surface area contributed by atoms with E-state index in [4.69, 9.17) is 17.3 Å². The van der Waals surface area contributed by atoms with Crippen LogP contribution in [0.3, 0.4) is 0 Å². The molecule has 3 unspecified atom stereocenters. The maximum Gasteiger partial charge on any atom is 0.152 e. The zero-order valence-electron chi connectivity index (χ0n) is 9.30. The Hall–Kier alpha value is -0.620. The normalized spacial score (nSPS) is 32.5. The third-order valence-electron chi connectivity index (χ3n) is 3.27. The lowest BCUT2D eigenvalue weighted by Gasteiger charge is -2.06. The van der Waals surface area contributed by atoms with Gasteiger partial charge < -0.3 is 10.8 Å². The summed E-state index contributed by atoms with van der Waals surface area (Å²) in [6, 6.07) is 6.86. The molecule has 0 bridgehead atoms. The van der Waals surface area contributed by atoms with Crippen molar-refractivity contribution in [3.05, 3.63) is 34.9 Å². The van der Waals surface area contributed by atoms with Crippen LogP contribution in [0.4, 0.5) is 0 Å². The van der Waals surface area contributed by atoms with Crippen molar-refractivity contribution in [2.24, 2.45) is 5.73 Å². The maximum atomic E-state index is 11.6. The molecule has 3 N–H and O–H groups in total. The van der Waals surface area contributed by atoms with Crippen LogP contribution >= 0.6 is 11.6 Å². The third kappa shape index (κ3) is 2.08. The van der Waals surface area contributed by atoms with Crippen molar-refractivity contribution in [1.29, 1.82) is 0 Å². The average Bonchev–Trinajstić information content (AvgIpc) is 2.87. The Morgan fingerprint density at radius 2 is 1.94 bits per heavy atom. The van der Waals surface area contributed by atoms with Gasteiger partial charge in [0.2, 0.25) is 0 Å². The lowest BCUT2D eigenvalue weighted by Crippen LogP contribution is -2.34. The van der Waals surface area contributed by atoms with Crippen LogP contribution in [0, 0.1) is 0 Å². The second kappa shape index (κ2) is 3.95. The van der Waals surface area contributed by atoms with Crippen LogP contribution in [0.2, 0.25) is 5.02 Å². The van der Waals surface area contributed by atoms with Crippen LogP contribution in [0.1, 0.15) is 11.5 Å². The molecular formula is C11H14ClNO3S. The lowest BCUT2D eigenvalue weighted by atomic mass is 10.1. The molecule has 1 fully saturated rings. The van der Waals surface area contributed by atoms with Crippen molar-refractivity contribution >= 4 is 21.4 Å². The average molecular weight is 276 g/mol. The van der Waals surface area contributed by atoms with Crippen LogP contribution in [-0.4, -0.2) is 37.2 Å². The highest BCUT2D eigenvalue weighted by Crippen LogP contribution is 2.53. The van der Waals surface area contributed by atoms with E-state index in [1.807, 2.05) is 0 Å². The molecule has 0 spiro atoms. The molecule has 0 saturated heterocycles. The zero-order valence-corrected chi connectivity index (χ0v) is 10.9. The van der Waals surface area contributed by atoms with E-state index in [0.717, 1.165) is 11.8 Å². The van der Waals surface area contributed by atoms with Crippen LogP contribution < -0.4 is 5.73 Å². The highest BCUT2D eigenvalue weighted by Gasteiger charge is 2.67. The van der Waals surface area contributed by atoms with Gasteiger partial charge in [0, 0.05) is 17.2 Å². The molecule has 0 aromatic heterocycles. The predicted octanol–water partition coefficient (Wildman–Crippen LogP) is 0.540. The van der Waals surface area contributed by atoms with Gasteiger partial charge in [-0.05, 0) is 17.7 Å². The first-order valence-corrected chi connectivity index (χ1v) is 7.48. The van der Waals surface area contributed by atoms with Crippen LogP contribution in [0.5, 0.6) is 0 Å². The fourth-order valence-electron chi connectivity index (χ4n) is 2.41. The monoisotopic (exact) mass is 275 g/mol. The van der Waals surface area contributed by atoms with Crippen molar-refractivity contribution in [1.82, 2.24) is 0 Å². The number of hydrogen-bond acceptors (Lipinski definition) is 4. The molecule has 1 aliphatic rings. The summed E-state index contributed by atoms with van der Waals surface area (Å²) >= 11 is 5.77. The Bertz CT molecular complexity index is 528. The Labute approximate surface area is 105 Å². The van der Waals surface area contributed by atoms with Crippen molar-refractivity contribution in [2.75, 3.05) is 12.9 Å². The maximum absolute atomic E-state index is 11.6. The molecule has 3 atom stereocenters. The summed E-state index contributed by atoms with van der Waals surface area (Å²) in [5, 5.41) is 9.13. The minimum Gasteiger partial charge on any atom is -0.394 e. The molecule has 0 aliphatic heterocycles. The molecule has 1 saturated carbocycles. The number of benzene rings is 1. The summed E-state index contributed by atoms with van der Waals surface area (Å²) in [6.45, 7) is -0.349. The van der Waals surface area contributed by atoms with Gasteiger partial charge in [0.05, 0.1) is 17.4 Å². The quantitative estimate of drug-likeness (QED) is 0.844. The van der Waals surface area contributed by atoms with Gasteiger partial charge in [0.1, 0.15) is 0 Å². The van der Waals surface area contributed by atoms with Crippen LogP contribution in [0.25, 0.3) is 0 Å². The summed E-state index contributed by atoms with van der Waals surface area (Å²) in [4.78, 5) is 0. The number of hydrogen-bond donors (Lipinski definition) is 2. The van der Waals surface area contributed by atoms with Gasteiger partial charge in [-0.2, -0.15) is 0 Å². The molecule has 1 aliphatic carbocycles. The van der Waals surface area contributed by atoms with E-state index in [1.165, 1.54) is 0 Å². The Balaban J connectivity index is 2.37. The fraction of sp³-hybridized carbons (Fsp3) is 0.455. The minimum atomic E-state index is -3.27. The summed E-state index contributed by atoms with van der Waals surface area (Å²) in [5.41, 5.74) is 5.65. The van der Waals surface area contributed by atoms with Crippen LogP contribution in [-0.2, 0) is 9.84 Å². The van der Waals surface area contributed by atoms with Gasteiger partial charge in [0.15, 0.2) is 9.84 Å². The highest BCUT2D eigenvalue weighted by atomic mass is 35.5. The van der Waals surface area contributed by atoms with Crippen molar-refractivity contribution in [3.8, 4) is 0 Å². The third-order valence-corrected chi connectivity index (χ3v) is 5.15. The number of rotatable bonds is 3. The summed E-state index contributed by atoms with van der Waals surface area (Å²) < 4.78 is 23.2. The van der Waals surface area contributed by atoms with Gasteiger partial charge in [-0.25, -0.2) is 8.42 Å². The molecule has 1 aromatic carbocycles. The first-order chi connectivity index (χ1) is 7.80. The van der Waals surface area contributed by atoms with E-state index >= 15 is 0 Å². The Kier molecular flexibility index (Phi) is 2.98. The van der Waals surface area contributed by atoms with Gasteiger partial charge in [0.25, 0.3) is 0 Å². The number of nitrogens with two attached hydrogens (primary N) is 1. The van der Waals surface area contributed by atoms with Gasteiger partial charge in [-0.3, -0.25) is 0 Å². The molecule has 2 rings (SSSR count). The predicted molar refractivity (Wildman–Crippen MR) is 66.8 cm³/mol. The molecule has 1 aromatic rings. The molecular weight excluding hydrogens is 262 g/mol. The molecule has 94 valence electrons. The second-order valence-electron chi connectivity index (χ2n) is 4.55. The summed E-state index contributed by atoms with van der Waals surface area (Å²) in [5.74, 6) is -0.361. The second-order valence-corrected chi connectivity index (χ2v) is 7.15. The first kappa shape index (κ1) is 12.8. The molecule has 17 heavy (non-hydrogen) atoms. The first-order valence-electron chi connectivity index (χ1n) is 5.15. The number of aliphatic hydroxyl groups excluding tert-OH is 1.